The smallest absolute Gasteiger partial charge is 0.162 e. The molecule has 2 aromatic rings. The first-order valence-corrected chi connectivity index (χ1v) is 6.17. The van der Waals surface area contributed by atoms with Crippen molar-refractivity contribution >= 4 is 5.78 Å². The molecule has 0 unspecified atom stereocenters. The van der Waals surface area contributed by atoms with Crippen molar-refractivity contribution in [1.29, 1.82) is 0 Å². The predicted molar refractivity (Wildman–Crippen MR) is 72.3 cm³/mol. The maximum absolute atomic E-state index is 13.1. The van der Waals surface area contributed by atoms with E-state index < -0.39 is 0 Å². The third kappa shape index (κ3) is 3.19. The Kier molecular flexibility index (Phi) is 3.95. The van der Waals surface area contributed by atoms with Gasteiger partial charge in [0.15, 0.2) is 5.78 Å². The van der Waals surface area contributed by atoms with Crippen LogP contribution in [0.4, 0.5) is 4.39 Å². The second kappa shape index (κ2) is 5.65. The number of hydrogen-bond donors (Lipinski definition) is 0. The summed E-state index contributed by atoms with van der Waals surface area (Å²) in [7, 11) is 0. The van der Waals surface area contributed by atoms with E-state index >= 15 is 0 Å². The number of carbonyl (C=O) groups excluding carboxylic acids is 1. The Morgan fingerprint density at radius 1 is 1.16 bits per heavy atom. The first-order chi connectivity index (χ1) is 9.10. The normalized spacial score (nSPS) is 10.3. The van der Waals surface area contributed by atoms with Crippen LogP contribution in [0.3, 0.4) is 0 Å². The highest BCUT2D eigenvalue weighted by atomic mass is 19.1. The molecule has 0 heterocycles. The molecular formula is C16H15FO2. The summed E-state index contributed by atoms with van der Waals surface area (Å²) < 4.78 is 18.7. The van der Waals surface area contributed by atoms with Crippen molar-refractivity contribution in [2.45, 2.75) is 20.3 Å². The molecule has 0 amide bonds. The fraction of sp³-hybridized carbons (Fsp3) is 0.188. The van der Waals surface area contributed by atoms with Gasteiger partial charge in [0.25, 0.3) is 0 Å². The molecule has 0 aliphatic heterocycles. The van der Waals surface area contributed by atoms with E-state index in [0.29, 0.717) is 23.5 Å². The number of carbonyl (C=O) groups is 1. The summed E-state index contributed by atoms with van der Waals surface area (Å²) in [4.78, 5) is 11.5. The highest BCUT2D eigenvalue weighted by Crippen LogP contribution is 2.26. The topological polar surface area (TPSA) is 26.3 Å². The van der Waals surface area contributed by atoms with Gasteiger partial charge in [-0.25, -0.2) is 4.39 Å². The van der Waals surface area contributed by atoms with Crippen LogP contribution >= 0.6 is 0 Å². The molecule has 3 heteroatoms. The van der Waals surface area contributed by atoms with Gasteiger partial charge in [-0.3, -0.25) is 4.79 Å². The van der Waals surface area contributed by atoms with Crippen LogP contribution in [-0.4, -0.2) is 5.78 Å². The lowest BCUT2D eigenvalue weighted by Gasteiger charge is -2.09. The Bertz CT molecular complexity index is 588. The van der Waals surface area contributed by atoms with Gasteiger partial charge in [0, 0.05) is 18.1 Å². The molecule has 0 bridgehead atoms. The SMILES string of the molecule is CCC(=O)c1ccc(Oc2cc(F)ccc2C)cc1. The number of halogens is 1. The van der Waals surface area contributed by atoms with Crippen molar-refractivity contribution in [3.05, 3.63) is 59.4 Å². The number of Topliss-reactive ketones (excluding diaryl/α,β-unsaturated/α-hetero) is 1. The van der Waals surface area contributed by atoms with E-state index in [1.165, 1.54) is 12.1 Å². The number of rotatable bonds is 4. The van der Waals surface area contributed by atoms with Crippen LogP contribution in [0, 0.1) is 12.7 Å². The zero-order valence-electron chi connectivity index (χ0n) is 10.9. The third-order valence-electron chi connectivity index (χ3n) is 2.88. The zero-order chi connectivity index (χ0) is 13.8. The van der Waals surface area contributed by atoms with Gasteiger partial charge in [0.2, 0.25) is 0 Å². The molecule has 2 rings (SSSR count). The first-order valence-electron chi connectivity index (χ1n) is 6.17. The fourth-order valence-corrected chi connectivity index (χ4v) is 1.72. The first kappa shape index (κ1) is 13.3. The molecule has 0 saturated carbocycles. The van der Waals surface area contributed by atoms with E-state index in [1.54, 1.807) is 30.3 Å². The number of hydrogen-bond acceptors (Lipinski definition) is 2. The van der Waals surface area contributed by atoms with Crippen LogP contribution < -0.4 is 4.74 Å². The van der Waals surface area contributed by atoms with E-state index in [9.17, 15) is 9.18 Å². The van der Waals surface area contributed by atoms with Gasteiger partial charge in [0.05, 0.1) is 0 Å². The van der Waals surface area contributed by atoms with Gasteiger partial charge in [0.1, 0.15) is 17.3 Å². The molecule has 0 radical (unpaired) electrons. The zero-order valence-corrected chi connectivity index (χ0v) is 10.9. The van der Waals surface area contributed by atoms with Crippen molar-refractivity contribution in [1.82, 2.24) is 0 Å². The van der Waals surface area contributed by atoms with Gasteiger partial charge >= 0.3 is 0 Å². The highest BCUT2D eigenvalue weighted by molar-refractivity contribution is 5.95. The van der Waals surface area contributed by atoms with Gasteiger partial charge < -0.3 is 4.74 Å². The summed E-state index contributed by atoms with van der Waals surface area (Å²) in [5, 5.41) is 0. The van der Waals surface area contributed by atoms with Crippen LogP contribution in [0.1, 0.15) is 29.3 Å². The Morgan fingerprint density at radius 3 is 2.47 bits per heavy atom. The average Bonchev–Trinajstić information content (AvgIpc) is 2.43. The van der Waals surface area contributed by atoms with Crippen LogP contribution in [0.25, 0.3) is 0 Å². The van der Waals surface area contributed by atoms with E-state index in [0.717, 1.165) is 5.56 Å². The van der Waals surface area contributed by atoms with E-state index in [4.69, 9.17) is 4.74 Å². The molecule has 0 atom stereocenters. The second-order valence-corrected chi connectivity index (χ2v) is 4.31. The van der Waals surface area contributed by atoms with E-state index in [-0.39, 0.29) is 11.6 Å². The largest absolute Gasteiger partial charge is 0.457 e. The molecule has 2 aromatic carbocycles. The maximum Gasteiger partial charge on any atom is 0.162 e. The molecular weight excluding hydrogens is 243 g/mol. The molecule has 0 aliphatic rings. The molecule has 0 N–H and O–H groups in total. The van der Waals surface area contributed by atoms with E-state index in [1.807, 2.05) is 13.8 Å². The molecule has 0 spiro atoms. The van der Waals surface area contributed by atoms with Crippen LogP contribution in [-0.2, 0) is 0 Å². The molecule has 0 aromatic heterocycles. The van der Waals surface area contributed by atoms with E-state index in [2.05, 4.69) is 0 Å². The molecule has 2 nitrogen and oxygen atoms in total. The molecule has 0 saturated heterocycles. The van der Waals surface area contributed by atoms with Crippen molar-refractivity contribution in [2.24, 2.45) is 0 Å². The Morgan fingerprint density at radius 2 is 1.84 bits per heavy atom. The quantitative estimate of drug-likeness (QED) is 0.754. The van der Waals surface area contributed by atoms with Crippen molar-refractivity contribution in [2.75, 3.05) is 0 Å². The lowest BCUT2D eigenvalue weighted by molar-refractivity contribution is 0.0988. The van der Waals surface area contributed by atoms with Crippen LogP contribution in [0.15, 0.2) is 42.5 Å². The molecule has 0 aliphatic carbocycles. The Labute approximate surface area is 111 Å². The van der Waals surface area contributed by atoms with Gasteiger partial charge in [-0.1, -0.05) is 13.0 Å². The molecule has 19 heavy (non-hydrogen) atoms. The summed E-state index contributed by atoms with van der Waals surface area (Å²) in [6, 6.07) is 11.3. The van der Waals surface area contributed by atoms with Gasteiger partial charge in [-0.2, -0.15) is 0 Å². The van der Waals surface area contributed by atoms with Gasteiger partial charge in [-0.05, 0) is 42.8 Å². The minimum Gasteiger partial charge on any atom is -0.457 e. The summed E-state index contributed by atoms with van der Waals surface area (Å²) in [6.45, 7) is 3.67. The number of benzene rings is 2. The van der Waals surface area contributed by atoms with Crippen molar-refractivity contribution in [3.8, 4) is 11.5 Å². The minimum absolute atomic E-state index is 0.0912. The third-order valence-corrected chi connectivity index (χ3v) is 2.88. The highest BCUT2D eigenvalue weighted by Gasteiger charge is 2.05. The molecule has 0 fully saturated rings. The maximum atomic E-state index is 13.1. The van der Waals surface area contributed by atoms with Crippen LogP contribution in [0.2, 0.25) is 0 Å². The fourth-order valence-electron chi connectivity index (χ4n) is 1.72. The summed E-state index contributed by atoms with van der Waals surface area (Å²) >= 11 is 0. The van der Waals surface area contributed by atoms with Crippen molar-refractivity contribution < 1.29 is 13.9 Å². The Balaban J connectivity index is 2.19. The summed E-state index contributed by atoms with van der Waals surface area (Å²) in [5.74, 6) is 0.822. The monoisotopic (exact) mass is 258 g/mol. The average molecular weight is 258 g/mol. The Hall–Kier alpha value is -2.16. The number of ketones is 1. The van der Waals surface area contributed by atoms with Gasteiger partial charge in [-0.15, -0.1) is 0 Å². The molecule has 98 valence electrons. The van der Waals surface area contributed by atoms with Crippen molar-refractivity contribution in [3.63, 3.8) is 0 Å². The predicted octanol–water partition coefficient (Wildman–Crippen LogP) is 4.52. The summed E-state index contributed by atoms with van der Waals surface area (Å²) in [5.41, 5.74) is 1.51. The minimum atomic E-state index is -0.335. The lowest BCUT2D eigenvalue weighted by Crippen LogP contribution is -1.96. The number of ether oxygens (including phenoxy) is 1. The number of aryl methyl sites for hydroxylation is 1. The summed E-state index contributed by atoms with van der Waals surface area (Å²) in [6.07, 6.45) is 0.475. The second-order valence-electron chi connectivity index (χ2n) is 4.31. The van der Waals surface area contributed by atoms with Crippen LogP contribution in [0.5, 0.6) is 11.5 Å². The standard InChI is InChI=1S/C16H15FO2/c1-3-15(18)12-5-8-14(9-6-12)19-16-10-13(17)7-4-11(16)2/h4-10H,3H2,1-2H3. The lowest BCUT2D eigenvalue weighted by atomic mass is 10.1.